The van der Waals surface area contributed by atoms with Crippen LogP contribution in [0.5, 0.6) is 0 Å². The van der Waals surface area contributed by atoms with Gasteiger partial charge in [-0.05, 0) is 25.6 Å². The van der Waals surface area contributed by atoms with E-state index in [-0.39, 0.29) is 5.97 Å². The molecule has 0 fully saturated rings. The van der Waals surface area contributed by atoms with Crippen LogP contribution in [0.15, 0.2) is 30.5 Å². The van der Waals surface area contributed by atoms with Crippen LogP contribution in [0.25, 0.3) is 10.9 Å². The molecule has 0 amide bonds. The Morgan fingerprint density at radius 2 is 2.11 bits per heavy atom. The first-order chi connectivity index (χ1) is 9.11. The highest BCUT2D eigenvalue weighted by Gasteiger charge is 2.11. The normalized spacial score (nSPS) is 11.2. The molecule has 102 valence electrons. The zero-order valence-corrected chi connectivity index (χ0v) is 11.7. The summed E-state index contributed by atoms with van der Waals surface area (Å²) in [6.07, 6.45) is 2.12. The molecule has 0 radical (unpaired) electrons. The van der Waals surface area contributed by atoms with Gasteiger partial charge in [-0.2, -0.15) is 0 Å². The monoisotopic (exact) mass is 260 g/mol. The first-order valence-corrected chi connectivity index (χ1v) is 6.49. The van der Waals surface area contributed by atoms with Crippen molar-refractivity contribution < 1.29 is 9.53 Å². The van der Waals surface area contributed by atoms with Crippen LogP contribution in [0.4, 0.5) is 0 Å². The van der Waals surface area contributed by atoms with Gasteiger partial charge in [0.2, 0.25) is 0 Å². The van der Waals surface area contributed by atoms with Crippen LogP contribution < -0.4 is 0 Å². The minimum Gasteiger partial charge on any atom is -0.465 e. The molecule has 2 rings (SSSR count). The summed E-state index contributed by atoms with van der Waals surface area (Å²) in [6.45, 7) is 3.31. The zero-order chi connectivity index (χ0) is 13.8. The summed E-state index contributed by atoms with van der Waals surface area (Å²) >= 11 is 0. The molecular weight excluding hydrogens is 240 g/mol. The fraction of sp³-hybridized carbons (Fsp3) is 0.400. The lowest BCUT2D eigenvalue weighted by Gasteiger charge is -2.14. The number of hydrogen-bond acceptors (Lipinski definition) is 3. The van der Waals surface area contributed by atoms with Gasteiger partial charge in [-0.1, -0.05) is 18.2 Å². The molecule has 0 saturated heterocycles. The van der Waals surface area contributed by atoms with Gasteiger partial charge in [0.1, 0.15) is 0 Å². The van der Waals surface area contributed by atoms with Crippen LogP contribution in [0.1, 0.15) is 12.5 Å². The molecule has 0 aliphatic rings. The van der Waals surface area contributed by atoms with Crippen molar-refractivity contribution in [2.45, 2.75) is 13.5 Å². The van der Waals surface area contributed by atoms with Gasteiger partial charge in [0, 0.05) is 30.7 Å². The summed E-state index contributed by atoms with van der Waals surface area (Å²) in [5.74, 6) is -0.176. The van der Waals surface area contributed by atoms with Crippen molar-refractivity contribution in [3.05, 3.63) is 36.0 Å². The molecule has 1 heterocycles. The van der Waals surface area contributed by atoms with Crippen molar-refractivity contribution >= 4 is 16.9 Å². The van der Waals surface area contributed by atoms with E-state index in [0.717, 1.165) is 6.54 Å². The van der Waals surface area contributed by atoms with Crippen molar-refractivity contribution in [1.29, 1.82) is 0 Å². The summed E-state index contributed by atoms with van der Waals surface area (Å²) in [4.78, 5) is 13.4. The van der Waals surface area contributed by atoms with Crippen LogP contribution in [0.3, 0.4) is 0 Å². The highest BCUT2D eigenvalue weighted by Crippen LogP contribution is 2.21. The van der Waals surface area contributed by atoms with E-state index >= 15 is 0 Å². The summed E-state index contributed by atoms with van der Waals surface area (Å²) in [5, 5.41) is 1.24. The van der Waals surface area contributed by atoms with E-state index in [1.165, 1.54) is 16.5 Å². The second-order valence-corrected chi connectivity index (χ2v) is 4.76. The van der Waals surface area contributed by atoms with Gasteiger partial charge in [0.15, 0.2) is 0 Å². The predicted molar refractivity (Wildman–Crippen MR) is 75.9 cm³/mol. The maximum Gasteiger partial charge on any atom is 0.320 e. The molecule has 0 saturated carbocycles. The first kappa shape index (κ1) is 13.6. The van der Waals surface area contributed by atoms with Crippen molar-refractivity contribution in [3.63, 3.8) is 0 Å². The molecule has 0 aliphatic heterocycles. The van der Waals surface area contributed by atoms with Crippen molar-refractivity contribution in [2.75, 3.05) is 20.2 Å². The Morgan fingerprint density at radius 1 is 1.37 bits per heavy atom. The number of para-hydroxylation sites is 1. The average molecular weight is 260 g/mol. The van der Waals surface area contributed by atoms with E-state index in [1.807, 2.05) is 38.1 Å². The number of carbonyl (C=O) groups excluding carboxylic acids is 1. The van der Waals surface area contributed by atoms with Gasteiger partial charge in [-0.3, -0.25) is 9.69 Å². The lowest BCUT2D eigenvalue weighted by Crippen LogP contribution is -2.26. The fourth-order valence-electron chi connectivity index (χ4n) is 2.33. The van der Waals surface area contributed by atoms with E-state index in [4.69, 9.17) is 4.74 Å². The standard InChI is InChI=1S/C15H20N2O2/c1-4-19-15(18)11-16(2)9-12-10-17(3)14-8-6-5-7-13(12)14/h5-8,10H,4,9,11H2,1-3H3. The molecule has 0 aliphatic carbocycles. The minimum absolute atomic E-state index is 0.176. The molecular formula is C15H20N2O2. The lowest BCUT2D eigenvalue weighted by molar-refractivity contribution is -0.144. The van der Waals surface area contributed by atoms with E-state index in [0.29, 0.717) is 13.2 Å². The van der Waals surface area contributed by atoms with Crippen LogP contribution in [-0.4, -0.2) is 35.6 Å². The minimum atomic E-state index is -0.176. The predicted octanol–water partition coefficient (Wildman–Crippen LogP) is 2.17. The third-order valence-corrected chi connectivity index (χ3v) is 3.12. The third kappa shape index (κ3) is 3.15. The van der Waals surface area contributed by atoms with Gasteiger partial charge >= 0.3 is 5.97 Å². The summed E-state index contributed by atoms with van der Waals surface area (Å²) in [7, 11) is 3.97. The molecule has 0 atom stereocenters. The van der Waals surface area contributed by atoms with Gasteiger partial charge in [0.25, 0.3) is 0 Å². The van der Waals surface area contributed by atoms with Gasteiger partial charge < -0.3 is 9.30 Å². The van der Waals surface area contributed by atoms with E-state index in [2.05, 4.69) is 22.9 Å². The Kier molecular flexibility index (Phi) is 4.22. The largest absolute Gasteiger partial charge is 0.465 e. The number of carbonyl (C=O) groups is 1. The van der Waals surface area contributed by atoms with Crippen LogP contribution >= 0.6 is 0 Å². The number of nitrogens with zero attached hydrogens (tertiary/aromatic N) is 2. The van der Waals surface area contributed by atoms with Crippen LogP contribution in [0, 0.1) is 0 Å². The quantitative estimate of drug-likeness (QED) is 0.773. The molecule has 0 bridgehead atoms. The Bertz CT molecular complexity index is 575. The first-order valence-electron chi connectivity index (χ1n) is 6.49. The molecule has 1 aromatic heterocycles. The summed E-state index contributed by atoms with van der Waals surface area (Å²) < 4.78 is 7.07. The Labute approximate surface area is 113 Å². The van der Waals surface area contributed by atoms with Crippen molar-refractivity contribution in [2.24, 2.45) is 7.05 Å². The molecule has 4 heteroatoms. The molecule has 0 N–H and O–H groups in total. The second-order valence-electron chi connectivity index (χ2n) is 4.76. The number of ether oxygens (including phenoxy) is 1. The number of fused-ring (bicyclic) bond motifs is 1. The molecule has 0 spiro atoms. The van der Waals surface area contributed by atoms with E-state index in [1.54, 1.807) is 0 Å². The van der Waals surface area contributed by atoms with Crippen molar-refractivity contribution in [3.8, 4) is 0 Å². The van der Waals surface area contributed by atoms with Crippen LogP contribution in [-0.2, 0) is 23.1 Å². The number of benzene rings is 1. The zero-order valence-electron chi connectivity index (χ0n) is 11.7. The van der Waals surface area contributed by atoms with E-state index < -0.39 is 0 Å². The third-order valence-electron chi connectivity index (χ3n) is 3.12. The van der Waals surface area contributed by atoms with Gasteiger partial charge in [-0.15, -0.1) is 0 Å². The molecule has 4 nitrogen and oxygen atoms in total. The van der Waals surface area contributed by atoms with Crippen LogP contribution in [0.2, 0.25) is 0 Å². The summed E-state index contributed by atoms with van der Waals surface area (Å²) in [5.41, 5.74) is 2.44. The topological polar surface area (TPSA) is 34.5 Å². The maximum absolute atomic E-state index is 11.4. The highest BCUT2D eigenvalue weighted by atomic mass is 16.5. The lowest BCUT2D eigenvalue weighted by atomic mass is 10.1. The highest BCUT2D eigenvalue weighted by molar-refractivity contribution is 5.83. The van der Waals surface area contributed by atoms with Crippen molar-refractivity contribution in [1.82, 2.24) is 9.47 Å². The Balaban J connectivity index is 2.11. The number of esters is 1. The van der Waals surface area contributed by atoms with E-state index in [9.17, 15) is 4.79 Å². The Hall–Kier alpha value is -1.81. The molecule has 0 unspecified atom stereocenters. The number of aromatic nitrogens is 1. The fourth-order valence-corrected chi connectivity index (χ4v) is 2.33. The number of rotatable bonds is 5. The second kappa shape index (κ2) is 5.89. The van der Waals surface area contributed by atoms with Gasteiger partial charge in [0.05, 0.1) is 13.2 Å². The number of aryl methyl sites for hydroxylation is 1. The Morgan fingerprint density at radius 3 is 2.84 bits per heavy atom. The summed E-state index contributed by atoms with van der Waals surface area (Å²) in [6, 6.07) is 8.29. The maximum atomic E-state index is 11.4. The molecule has 1 aromatic carbocycles. The van der Waals surface area contributed by atoms with Gasteiger partial charge in [-0.25, -0.2) is 0 Å². The number of hydrogen-bond donors (Lipinski definition) is 0. The number of likely N-dealkylation sites (N-methyl/N-ethyl adjacent to an activating group) is 1. The SMILES string of the molecule is CCOC(=O)CN(C)Cc1cn(C)c2ccccc12. The average Bonchev–Trinajstić information content (AvgIpc) is 2.67. The molecule has 19 heavy (non-hydrogen) atoms. The molecule has 2 aromatic rings. The smallest absolute Gasteiger partial charge is 0.320 e.